The van der Waals surface area contributed by atoms with Gasteiger partial charge in [0.15, 0.2) is 0 Å². The van der Waals surface area contributed by atoms with Crippen molar-refractivity contribution in [1.29, 1.82) is 0 Å². The van der Waals surface area contributed by atoms with Crippen molar-refractivity contribution < 1.29 is 14.3 Å². The molecule has 0 aliphatic carbocycles. The van der Waals surface area contributed by atoms with Crippen molar-refractivity contribution >= 4 is 23.3 Å². The minimum atomic E-state index is -0.518. The van der Waals surface area contributed by atoms with E-state index >= 15 is 0 Å². The summed E-state index contributed by atoms with van der Waals surface area (Å²) in [5.41, 5.74) is 2.05. The van der Waals surface area contributed by atoms with Crippen molar-refractivity contribution in [2.45, 2.75) is 20.4 Å². The first-order valence-corrected chi connectivity index (χ1v) is 9.14. The molecule has 0 atom stereocenters. The lowest BCUT2D eigenvalue weighted by Gasteiger charge is -2.27. The number of carbonyl (C=O) groups excluding carboxylic acids is 2. The largest absolute Gasteiger partial charge is 0.378 e. The fourth-order valence-corrected chi connectivity index (χ4v) is 2.93. The number of amides is 3. The third-order valence-corrected chi connectivity index (χ3v) is 4.61. The quantitative estimate of drug-likeness (QED) is 0.843. The molecule has 1 fully saturated rings. The number of pyridine rings is 1. The number of nitrogens with zero attached hydrogens (tertiary/aromatic N) is 2. The average molecular weight is 384 g/mol. The molecular formula is C20H24N4O4. The molecule has 1 saturated heterocycles. The van der Waals surface area contributed by atoms with Crippen LogP contribution >= 0.6 is 0 Å². The molecule has 2 aromatic rings. The van der Waals surface area contributed by atoms with E-state index in [1.54, 1.807) is 36.1 Å². The van der Waals surface area contributed by atoms with Gasteiger partial charge in [-0.1, -0.05) is 17.7 Å². The van der Waals surface area contributed by atoms with E-state index in [0.29, 0.717) is 37.7 Å². The van der Waals surface area contributed by atoms with E-state index in [-0.39, 0.29) is 18.1 Å². The molecule has 8 nitrogen and oxygen atoms in total. The lowest BCUT2D eigenvalue weighted by atomic mass is 10.2. The Morgan fingerprint density at radius 1 is 1.00 bits per heavy atom. The van der Waals surface area contributed by atoms with E-state index < -0.39 is 11.6 Å². The van der Waals surface area contributed by atoms with E-state index in [1.165, 1.54) is 4.57 Å². The number of anilines is 2. The summed E-state index contributed by atoms with van der Waals surface area (Å²) in [5.74, 6) is -0.144. The molecule has 0 spiro atoms. The lowest BCUT2D eigenvalue weighted by molar-refractivity contribution is -0.135. The molecule has 1 aliphatic heterocycles. The van der Waals surface area contributed by atoms with Gasteiger partial charge in [0.2, 0.25) is 5.91 Å². The smallest absolute Gasteiger partial charge is 0.323 e. The summed E-state index contributed by atoms with van der Waals surface area (Å²) in [4.78, 5) is 39.2. The SMILES string of the molecule is Cc1ccc(NC(=O)Nc2ccc(C)n(CC(=O)N3CCOCC3)c2=O)cc1. The van der Waals surface area contributed by atoms with E-state index in [0.717, 1.165) is 5.56 Å². The molecule has 0 unspecified atom stereocenters. The zero-order chi connectivity index (χ0) is 20.1. The highest BCUT2D eigenvalue weighted by atomic mass is 16.5. The van der Waals surface area contributed by atoms with E-state index in [4.69, 9.17) is 4.74 Å². The highest BCUT2D eigenvalue weighted by Gasteiger charge is 2.19. The van der Waals surface area contributed by atoms with Gasteiger partial charge in [-0.25, -0.2) is 4.79 Å². The fourth-order valence-electron chi connectivity index (χ4n) is 2.93. The highest BCUT2D eigenvalue weighted by Crippen LogP contribution is 2.10. The lowest BCUT2D eigenvalue weighted by Crippen LogP contribution is -2.43. The first kappa shape index (κ1) is 19.6. The van der Waals surface area contributed by atoms with E-state index in [2.05, 4.69) is 10.6 Å². The fraction of sp³-hybridized carbons (Fsp3) is 0.350. The molecule has 148 valence electrons. The van der Waals surface area contributed by atoms with Gasteiger partial charge in [0.05, 0.1) is 13.2 Å². The number of urea groups is 1. The molecule has 1 aliphatic rings. The van der Waals surface area contributed by atoms with Crippen molar-refractivity contribution in [3.63, 3.8) is 0 Å². The third-order valence-electron chi connectivity index (χ3n) is 4.61. The molecule has 0 bridgehead atoms. The minimum absolute atomic E-state index is 0.0697. The van der Waals surface area contributed by atoms with Crippen LogP contribution in [0.2, 0.25) is 0 Å². The summed E-state index contributed by atoms with van der Waals surface area (Å²) in [6.45, 7) is 5.68. The first-order chi connectivity index (χ1) is 13.4. The Hall–Kier alpha value is -3.13. The summed E-state index contributed by atoms with van der Waals surface area (Å²) in [6.07, 6.45) is 0. The van der Waals surface area contributed by atoms with Crippen molar-refractivity contribution in [1.82, 2.24) is 9.47 Å². The molecule has 1 aromatic heterocycles. The molecule has 3 amide bonds. The predicted octanol–water partition coefficient (Wildman–Crippen LogP) is 1.97. The second kappa shape index (κ2) is 8.71. The second-order valence-electron chi connectivity index (χ2n) is 6.72. The number of hydrogen-bond acceptors (Lipinski definition) is 4. The van der Waals surface area contributed by atoms with Crippen LogP contribution in [0.1, 0.15) is 11.3 Å². The maximum atomic E-state index is 12.8. The van der Waals surface area contributed by atoms with Gasteiger partial charge < -0.3 is 24.8 Å². The average Bonchev–Trinajstić information content (AvgIpc) is 2.69. The minimum Gasteiger partial charge on any atom is -0.378 e. The van der Waals surface area contributed by atoms with Gasteiger partial charge >= 0.3 is 6.03 Å². The van der Waals surface area contributed by atoms with Gasteiger partial charge in [-0.05, 0) is 38.1 Å². The molecule has 28 heavy (non-hydrogen) atoms. The summed E-state index contributed by atoms with van der Waals surface area (Å²) >= 11 is 0. The van der Waals surface area contributed by atoms with Crippen LogP contribution in [-0.4, -0.2) is 47.7 Å². The van der Waals surface area contributed by atoms with Gasteiger partial charge in [0, 0.05) is 24.5 Å². The predicted molar refractivity (Wildman–Crippen MR) is 107 cm³/mol. The van der Waals surface area contributed by atoms with E-state index in [9.17, 15) is 14.4 Å². The normalized spacial score (nSPS) is 13.9. The Kier molecular flexibility index (Phi) is 6.10. The topological polar surface area (TPSA) is 92.7 Å². The molecule has 2 heterocycles. The zero-order valence-corrected chi connectivity index (χ0v) is 16.0. The third kappa shape index (κ3) is 4.77. The molecule has 8 heteroatoms. The van der Waals surface area contributed by atoms with Crippen LogP contribution in [0.5, 0.6) is 0 Å². The molecule has 0 radical (unpaired) electrons. The van der Waals surface area contributed by atoms with Crippen LogP contribution in [0.4, 0.5) is 16.2 Å². The van der Waals surface area contributed by atoms with Crippen molar-refractivity contribution in [2.24, 2.45) is 0 Å². The number of ether oxygens (including phenoxy) is 1. The number of aromatic nitrogens is 1. The van der Waals surface area contributed by atoms with Gasteiger partial charge in [-0.15, -0.1) is 0 Å². The van der Waals surface area contributed by atoms with Crippen LogP contribution in [0.15, 0.2) is 41.2 Å². The van der Waals surface area contributed by atoms with E-state index in [1.807, 2.05) is 19.1 Å². The van der Waals surface area contributed by atoms with Crippen LogP contribution in [0.25, 0.3) is 0 Å². The number of benzene rings is 1. The summed E-state index contributed by atoms with van der Waals surface area (Å²) < 4.78 is 6.62. The van der Waals surface area contributed by atoms with Crippen molar-refractivity contribution in [3.8, 4) is 0 Å². The monoisotopic (exact) mass is 384 g/mol. The number of nitrogens with one attached hydrogen (secondary N) is 2. The maximum Gasteiger partial charge on any atom is 0.323 e. The summed E-state index contributed by atoms with van der Waals surface area (Å²) in [5, 5.41) is 5.25. The van der Waals surface area contributed by atoms with Crippen LogP contribution in [0, 0.1) is 13.8 Å². The Morgan fingerprint density at radius 3 is 2.36 bits per heavy atom. The molecule has 1 aromatic carbocycles. The van der Waals surface area contributed by atoms with Gasteiger partial charge in [-0.2, -0.15) is 0 Å². The highest BCUT2D eigenvalue weighted by molar-refractivity contribution is 5.99. The number of morpholine rings is 1. The maximum absolute atomic E-state index is 12.8. The number of aryl methyl sites for hydroxylation is 2. The van der Waals surface area contributed by atoms with Crippen molar-refractivity contribution in [3.05, 3.63) is 58.0 Å². The standard InChI is InChI=1S/C20H24N4O4/c1-14-3-6-16(7-4-14)21-20(27)22-17-8-5-15(2)24(19(17)26)13-18(25)23-9-11-28-12-10-23/h3-8H,9-13H2,1-2H3,(H2,21,22,27). The Balaban J connectivity index is 1.71. The molecular weight excluding hydrogens is 360 g/mol. The Bertz CT molecular complexity index is 915. The molecule has 2 N–H and O–H groups in total. The van der Waals surface area contributed by atoms with Crippen LogP contribution in [-0.2, 0) is 16.1 Å². The van der Waals surface area contributed by atoms with Crippen molar-refractivity contribution in [2.75, 3.05) is 36.9 Å². The van der Waals surface area contributed by atoms with Gasteiger partial charge in [-0.3, -0.25) is 9.59 Å². The van der Waals surface area contributed by atoms with Gasteiger partial charge in [0.25, 0.3) is 5.56 Å². The number of hydrogen-bond donors (Lipinski definition) is 2. The molecule has 0 saturated carbocycles. The molecule has 3 rings (SSSR count). The first-order valence-electron chi connectivity index (χ1n) is 9.14. The van der Waals surface area contributed by atoms with Gasteiger partial charge in [0.1, 0.15) is 12.2 Å². The summed E-state index contributed by atoms with van der Waals surface area (Å²) in [7, 11) is 0. The van der Waals surface area contributed by atoms with Crippen LogP contribution in [0.3, 0.4) is 0 Å². The van der Waals surface area contributed by atoms with Crippen LogP contribution < -0.4 is 16.2 Å². The Labute approximate surface area is 163 Å². The Morgan fingerprint density at radius 2 is 1.68 bits per heavy atom. The number of carbonyl (C=O) groups is 2. The summed E-state index contributed by atoms with van der Waals surface area (Å²) in [6, 6.07) is 10.1. The second-order valence-corrected chi connectivity index (χ2v) is 6.72. The number of rotatable bonds is 4. The zero-order valence-electron chi connectivity index (χ0n) is 16.0.